The Kier molecular flexibility index (Phi) is 3.66. The van der Waals surface area contributed by atoms with Gasteiger partial charge in [-0.2, -0.15) is 0 Å². The average molecular weight is 223 g/mol. The first-order valence-electron chi connectivity index (χ1n) is 6.07. The van der Waals surface area contributed by atoms with Crippen LogP contribution in [-0.2, 0) is 17.7 Å². The van der Waals surface area contributed by atoms with Crippen molar-refractivity contribution in [2.75, 3.05) is 13.7 Å². The lowest BCUT2D eigenvalue weighted by atomic mass is 9.95. The van der Waals surface area contributed by atoms with Crippen LogP contribution in [0.25, 0.3) is 0 Å². The second kappa shape index (κ2) is 5.02. The van der Waals surface area contributed by atoms with Crippen molar-refractivity contribution in [2.45, 2.75) is 38.8 Å². The first-order valence-corrected chi connectivity index (χ1v) is 6.07. The van der Waals surface area contributed by atoms with Gasteiger partial charge in [-0.25, -0.2) is 0 Å². The van der Waals surface area contributed by atoms with Crippen LogP contribution in [0.3, 0.4) is 0 Å². The molecule has 0 spiro atoms. The van der Waals surface area contributed by atoms with E-state index in [-0.39, 0.29) is 6.10 Å². The number of nitrogens with zero attached hydrogens (tertiary/aromatic N) is 1. The summed E-state index contributed by atoms with van der Waals surface area (Å²) < 4.78 is 7.43. The maximum Gasteiger partial charge on any atom is 0.0807 e. The van der Waals surface area contributed by atoms with E-state index in [1.165, 1.54) is 5.69 Å². The molecule has 0 amide bonds. The lowest BCUT2D eigenvalue weighted by Crippen LogP contribution is -2.17. The van der Waals surface area contributed by atoms with Crippen molar-refractivity contribution in [3.63, 3.8) is 0 Å². The zero-order valence-corrected chi connectivity index (χ0v) is 10.1. The van der Waals surface area contributed by atoms with Crippen molar-refractivity contribution in [1.29, 1.82) is 0 Å². The lowest BCUT2D eigenvalue weighted by molar-refractivity contribution is 0.147. The smallest absolute Gasteiger partial charge is 0.0807 e. The maximum absolute atomic E-state index is 9.87. The van der Waals surface area contributed by atoms with E-state index in [4.69, 9.17) is 4.74 Å². The molecule has 1 aliphatic rings. The molecule has 16 heavy (non-hydrogen) atoms. The van der Waals surface area contributed by atoms with Gasteiger partial charge < -0.3 is 14.4 Å². The molecule has 2 unspecified atom stereocenters. The van der Waals surface area contributed by atoms with Crippen LogP contribution < -0.4 is 0 Å². The number of aliphatic hydroxyl groups is 1. The fourth-order valence-electron chi connectivity index (χ4n) is 2.58. The molecule has 0 saturated heterocycles. The van der Waals surface area contributed by atoms with Gasteiger partial charge in [0, 0.05) is 31.1 Å². The summed E-state index contributed by atoms with van der Waals surface area (Å²) in [7, 11) is 1.74. The second-order valence-corrected chi connectivity index (χ2v) is 4.84. The fraction of sp³-hybridized carbons (Fsp3) is 0.692. The zero-order chi connectivity index (χ0) is 11.5. The molecule has 3 nitrogen and oxygen atoms in total. The highest BCUT2D eigenvalue weighted by Gasteiger charge is 2.21. The van der Waals surface area contributed by atoms with Crippen molar-refractivity contribution in [2.24, 2.45) is 5.92 Å². The summed E-state index contributed by atoms with van der Waals surface area (Å²) >= 11 is 0. The normalized spacial score (nSPS) is 21.8. The monoisotopic (exact) mass is 223 g/mol. The Labute approximate surface area is 97.0 Å². The van der Waals surface area contributed by atoms with Crippen molar-refractivity contribution in [1.82, 2.24) is 4.57 Å². The molecular formula is C13H21NO2. The van der Waals surface area contributed by atoms with Gasteiger partial charge in [0.2, 0.25) is 0 Å². The number of hydrogen-bond acceptors (Lipinski definition) is 2. The van der Waals surface area contributed by atoms with Crippen LogP contribution in [0.15, 0.2) is 12.3 Å². The van der Waals surface area contributed by atoms with Crippen molar-refractivity contribution >= 4 is 0 Å². The Hall–Kier alpha value is -0.800. The van der Waals surface area contributed by atoms with Crippen molar-refractivity contribution < 1.29 is 9.84 Å². The van der Waals surface area contributed by atoms with Crippen LogP contribution >= 0.6 is 0 Å². The highest BCUT2D eigenvalue weighted by molar-refractivity contribution is 5.27. The third-order valence-corrected chi connectivity index (χ3v) is 3.32. The predicted molar refractivity (Wildman–Crippen MR) is 63.4 cm³/mol. The average Bonchev–Trinajstić information content (AvgIpc) is 2.64. The molecule has 0 saturated carbocycles. The molecule has 0 radical (unpaired) electrons. The van der Waals surface area contributed by atoms with E-state index in [1.807, 2.05) is 0 Å². The molecular weight excluding hydrogens is 202 g/mol. The van der Waals surface area contributed by atoms with E-state index in [1.54, 1.807) is 7.11 Å². The highest BCUT2D eigenvalue weighted by atomic mass is 16.5. The molecule has 1 aromatic heterocycles. The summed E-state index contributed by atoms with van der Waals surface area (Å²) in [5, 5.41) is 9.87. The van der Waals surface area contributed by atoms with Gasteiger partial charge in [0.1, 0.15) is 0 Å². The summed E-state index contributed by atoms with van der Waals surface area (Å²) in [6.07, 6.45) is 4.95. The topological polar surface area (TPSA) is 34.4 Å². The number of methoxy groups -OCH3 is 1. The molecule has 0 aromatic carbocycles. The molecule has 0 bridgehead atoms. The van der Waals surface area contributed by atoms with Crippen LogP contribution in [0, 0.1) is 5.92 Å². The summed E-state index contributed by atoms with van der Waals surface area (Å²) in [6.45, 7) is 3.96. The number of ether oxygens (including phenoxy) is 1. The summed E-state index contributed by atoms with van der Waals surface area (Å²) in [5.41, 5.74) is 2.46. The quantitative estimate of drug-likeness (QED) is 0.848. The molecule has 0 aliphatic heterocycles. The molecule has 0 fully saturated rings. The van der Waals surface area contributed by atoms with Crippen LogP contribution in [0.1, 0.15) is 37.1 Å². The van der Waals surface area contributed by atoms with Gasteiger partial charge in [-0.15, -0.1) is 0 Å². The Morgan fingerprint density at radius 2 is 2.44 bits per heavy atom. The van der Waals surface area contributed by atoms with Gasteiger partial charge >= 0.3 is 0 Å². The van der Waals surface area contributed by atoms with E-state index >= 15 is 0 Å². The van der Waals surface area contributed by atoms with E-state index in [9.17, 15) is 5.11 Å². The largest absolute Gasteiger partial charge is 0.388 e. The number of fused-ring (bicyclic) bond motifs is 1. The second-order valence-electron chi connectivity index (χ2n) is 4.84. The summed E-state index contributed by atoms with van der Waals surface area (Å²) in [5.74, 6) is 0.514. The first-order chi connectivity index (χ1) is 7.72. The van der Waals surface area contributed by atoms with Crippen LogP contribution in [0.4, 0.5) is 0 Å². The fourth-order valence-corrected chi connectivity index (χ4v) is 2.58. The Bertz CT molecular complexity index is 346. The van der Waals surface area contributed by atoms with Gasteiger partial charge in [0.15, 0.2) is 0 Å². The van der Waals surface area contributed by atoms with Crippen LogP contribution in [-0.4, -0.2) is 23.4 Å². The van der Waals surface area contributed by atoms with E-state index in [2.05, 4.69) is 23.8 Å². The molecule has 1 heterocycles. The highest BCUT2D eigenvalue weighted by Crippen LogP contribution is 2.30. The molecule has 1 N–H and O–H groups in total. The minimum atomic E-state index is -0.247. The van der Waals surface area contributed by atoms with Gasteiger partial charge in [-0.05, 0) is 31.2 Å². The Balaban J connectivity index is 2.11. The van der Waals surface area contributed by atoms with Gasteiger partial charge in [-0.1, -0.05) is 6.92 Å². The third-order valence-electron chi connectivity index (χ3n) is 3.32. The predicted octanol–water partition coefficient (Wildman–Crippen LogP) is 2.14. The number of aliphatic hydroxyl groups excluding tert-OH is 1. The van der Waals surface area contributed by atoms with Crippen molar-refractivity contribution in [3.8, 4) is 0 Å². The van der Waals surface area contributed by atoms with Crippen LogP contribution in [0.2, 0.25) is 0 Å². The van der Waals surface area contributed by atoms with Gasteiger partial charge in [0.25, 0.3) is 0 Å². The summed E-state index contributed by atoms with van der Waals surface area (Å²) in [4.78, 5) is 0. The van der Waals surface area contributed by atoms with E-state index in [0.717, 1.165) is 38.0 Å². The van der Waals surface area contributed by atoms with E-state index < -0.39 is 0 Å². The summed E-state index contributed by atoms with van der Waals surface area (Å²) in [6, 6.07) is 2.07. The Morgan fingerprint density at radius 1 is 1.62 bits per heavy atom. The number of hydrogen-bond donors (Lipinski definition) is 1. The zero-order valence-electron chi connectivity index (χ0n) is 10.1. The standard InChI is InChI=1S/C13H21NO2/c1-10(9-16-2)8-14-7-6-11-12(14)4-3-5-13(11)15/h6-7,10,13,15H,3-5,8-9H2,1-2H3. The molecule has 3 heteroatoms. The van der Waals surface area contributed by atoms with Gasteiger partial charge in [-0.3, -0.25) is 0 Å². The lowest BCUT2D eigenvalue weighted by Gasteiger charge is -2.21. The molecule has 90 valence electrons. The third kappa shape index (κ3) is 2.30. The molecule has 1 aliphatic carbocycles. The van der Waals surface area contributed by atoms with E-state index in [0.29, 0.717) is 5.92 Å². The first kappa shape index (κ1) is 11.7. The SMILES string of the molecule is COCC(C)Cn1ccc2c1CCCC2O. The molecule has 2 rings (SSSR count). The number of aromatic nitrogens is 1. The van der Waals surface area contributed by atoms with Gasteiger partial charge in [0.05, 0.1) is 12.7 Å². The minimum Gasteiger partial charge on any atom is -0.388 e. The molecule has 1 aromatic rings. The minimum absolute atomic E-state index is 0.247. The molecule has 2 atom stereocenters. The Morgan fingerprint density at radius 3 is 3.19 bits per heavy atom. The van der Waals surface area contributed by atoms with Crippen LogP contribution in [0.5, 0.6) is 0 Å². The number of rotatable bonds is 4. The van der Waals surface area contributed by atoms with Crippen molar-refractivity contribution in [3.05, 3.63) is 23.5 Å². The maximum atomic E-state index is 9.87.